The van der Waals surface area contributed by atoms with Gasteiger partial charge in [0.05, 0.1) is 18.4 Å². The molecular weight excluding hydrogens is 258 g/mol. The molecule has 0 saturated heterocycles. The van der Waals surface area contributed by atoms with Gasteiger partial charge in [-0.3, -0.25) is 0 Å². The molecule has 0 radical (unpaired) electrons. The topological polar surface area (TPSA) is 29.5 Å². The maximum absolute atomic E-state index is 11.5. The number of methoxy groups -OCH3 is 1. The molecule has 0 spiro atoms. The lowest BCUT2D eigenvalue weighted by Crippen LogP contribution is -2.19. The molecule has 1 aromatic rings. The SMILES string of the molecule is CCN(C)c1ccc(Br)cc1C(=O)OC. The first kappa shape index (κ1) is 12.0. The lowest BCUT2D eigenvalue weighted by atomic mass is 10.1. The molecule has 0 heterocycles. The Balaban J connectivity index is 3.20. The van der Waals surface area contributed by atoms with Gasteiger partial charge in [-0.05, 0) is 25.1 Å². The Morgan fingerprint density at radius 2 is 2.20 bits per heavy atom. The molecule has 0 atom stereocenters. The van der Waals surface area contributed by atoms with Crippen LogP contribution in [0.2, 0.25) is 0 Å². The molecule has 0 fully saturated rings. The molecule has 82 valence electrons. The van der Waals surface area contributed by atoms with Crippen LogP contribution in [-0.4, -0.2) is 26.7 Å². The number of carbonyl (C=O) groups is 1. The first-order valence-electron chi connectivity index (χ1n) is 4.69. The van der Waals surface area contributed by atoms with Crippen LogP contribution >= 0.6 is 15.9 Å². The van der Waals surface area contributed by atoms with Gasteiger partial charge < -0.3 is 9.64 Å². The summed E-state index contributed by atoms with van der Waals surface area (Å²) in [6.07, 6.45) is 0. The van der Waals surface area contributed by atoms with Gasteiger partial charge in [0, 0.05) is 18.1 Å². The third-order valence-corrected chi connectivity index (χ3v) is 2.74. The molecule has 0 amide bonds. The molecular formula is C11H14BrNO2. The molecule has 1 aromatic carbocycles. The Labute approximate surface area is 98.2 Å². The van der Waals surface area contributed by atoms with Gasteiger partial charge >= 0.3 is 5.97 Å². The number of hydrogen-bond donors (Lipinski definition) is 0. The zero-order valence-corrected chi connectivity index (χ0v) is 10.7. The van der Waals surface area contributed by atoms with Crippen molar-refractivity contribution in [2.75, 3.05) is 25.6 Å². The van der Waals surface area contributed by atoms with E-state index in [4.69, 9.17) is 4.74 Å². The predicted octanol–water partition coefficient (Wildman–Crippen LogP) is 2.69. The van der Waals surface area contributed by atoms with Gasteiger partial charge in [0.2, 0.25) is 0 Å². The van der Waals surface area contributed by atoms with Gasteiger partial charge in [-0.15, -0.1) is 0 Å². The Hall–Kier alpha value is -1.03. The van der Waals surface area contributed by atoms with E-state index in [2.05, 4.69) is 15.9 Å². The monoisotopic (exact) mass is 271 g/mol. The number of esters is 1. The molecule has 0 unspecified atom stereocenters. The lowest BCUT2D eigenvalue weighted by Gasteiger charge is -2.19. The van der Waals surface area contributed by atoms with Crippen molar-refractivity contribution in [2.24, 2.45) is 0 Å². The fraction of sp³-hybridized carbons (Fsp3) is 0.364. The van der Waals surface area contributed by atoms with E-state index in [1.807, 2.05) is 31.0 Å². The minimum Gasteiger partial charge on any atom is -0.465 e. The molecule has 0 bridgehead atoms. The third-order valence-electron chi connectivity index (χ3n) is 2.25. The van der Waals surface area contributed by atoms with Crippen LogP contribution in [0.25, 0.3) is 0 Å². The van der Waals surface area contributed by atoms with Crippen LogP contribution in [0, 0.1) is 0 Å². The number of carbonyl (C=O) groups excluding carboxylic acids is 1. The predicted molar refractivity (Wildman–Crippen MR) is 64.4 cm³/mol. The summed E-state index contributed by atoms with van der Waals surface area (Å²) in [7, 11) is 3.33. The van der Waals surface area contributed by atoms with E-state index in [-0.39, 0.29) is 5.97 Å². The Morgan fingerprint density at radius 3 is 2.73 bits per heavy atom. The number of hydrogen-bond acceptors (Lipinski definition) is 3. The average Bonchev–Trinajstić information content (AvgIpc) is 2.26. The molecule has 3 nitrogen and oxygen atoms in total. The summed E-state index contributed by atoms with van der Waals surface area (Å²) in [5, 5.41) is 0. The number of nitrogens with zero attached hydrogens (tertiary/aromatic N) is 1. The maximum atomic E-state index is 11.5. The van der Waals surface area contributed by atoms with Crippen molar-refractivity contribution in [3.8, 4) is 0 Å². The quantitative estimate of drug-likeness (QED) is 0.792. The second-order valence-corrected chi connectivity index (χ2v) is 4.08. The van der Waals surface area contributed by atoms with Crippen LogP contribution in [-0.2, 0) is 4.74 Å². The summed E-state index contributed by atoms with van der Waals surface area (Å²) < 4.78 is 5.61. The van der Waals surface area contributed by atoms with Gasteiger partial charge in [0.25, 0.3) is 0 Å². The minimum absolute atomic E-state index is 0.313. The smallest absolute Gasteiger partial charge is 0.340 e. The number of anilines is 1. The van der Waals surface area contributed by atoms with Crippen molar-refractivity contribution >= 4 is 27.6 Å². The zero-order chi connectivity index (χ0) is 11.4. The highest BCUT2D eigenvalue weighted by atomic mass is 79.9. The highest BCUT2D eigenvalue weighted by Crippen LogP contribution is 2.24. The third kappa shape index (κ3) is 2.72. The maximum Gasteiger partial charge on any atom is 0.340 e. The Bertz CT molecular complexity index is 366. The molecule has 4 heteroatoms. The summed E-state index contributed by atoms with van der Waals surface area (Å²) in [5.74, 6) is -0.313. The second kappa shape index (κ2) is 5.16. The molecule has 0 aromatic heterocycles. The molecule has 15 heavy (non-hydrogen) atoms. The Morgan fingerprint density at radius 1 is 1.53 bits per heavy atom. The van der Waals surface area contributed by atoms with Crippen molar-refractivity contribution in [3.05, 3.63) is 28.2 Å². The van der Waals surface area contributed by atoms with Gasteiger partial charge in [-0.25, -0.2) is 4.79 Å². The number of ether oxygens (including phenoxy) is 1. The standard InChI is InChI=1S/C11H14BrNO2/c1-4-13(2)10-6-5-8(12)7-9(10)11(14)15-3/h5-7H,4H2,1-3H3. The highest BCUT2D eigenvalue weighted by Gasteiger charge is 2.14. The molecule has 1 rings (SSSR count). The van der Waals surface area contributed by atoms with Gasteiger partial charge in [0.15, 0.2) is 0 Å². The van der Waals surface area contributed by atoms with Gasteiger partial charge in [-0.2, -0.15) is 0 Å². The molecule has 0 N–H and O–H groups in total. The molecule has 0 aliphatic rings. The van der Waals surface area contributed by atoms with Crippen molar-refractivity contribution < 1.29 is 9.53 Å². The van der Waals surface area contributed by atoms with Crippen molar-refractivity contribution in [3.63, 3.8) is 0 Å². The normalized spacial score (nSPS) is 9.87. The van der Waals surface area contributed by atoms with E-state index < -0.39 is 0 Å². The van der Waals surface area contributed by atoms with E-state index in [9.17, 15) is 4.79 Å². The van der Waals surface area contributed by atoms with Crippen molar-refractivity contribution in [2.45, 2.75) is 6.92 Å². The first-order valence-corrected chi connectivity index (χ1v) is 5.48. The van der Waals surface area contributed by atoms with Crippen LogP contribution in [0.5, 0.6) is 0 Å². The zero-order valence-electron chi connectivity index (χ0n) is 9.08. The van der Waals surface area contributed by atoms with E-state index in [1.165, 1.54) is 7.11 Å². The lowest BCUT2D eigenvalue weighted by molar-refractivity contribution is 0.0601. The van der Waals surface area contributed by atoms with Crippen molar-refractivity contribution in [1.82, 2.24) is 0 Å². The highest BCUT2D eigenvalue weighted by molar-refractivity contribution is 9.10. The second-order valence-electron chi connectivity index (χ2n) is 3.17. The van der Waals surface area contributed by atoms with Gasteiger partial charge in [-0.1, -0.05) is 15.9 Å². The summed E-state index contributed by atoms with van der Waals surface area (Å²) in [5.41, 5.74) is 1.46. The summed E-state index contributed by atoms with van der Waals surface area (Å²) in [6.45, 7) is 2.87. The average molecular weight is 272 g/mol. The molecule has 0 aliphatic carbocycles. The summed E-state index contributed by atoms with van der Waals surface area (Å²) in [4.78, 5) is 13.5. The van der Waals surface area contributed by atoms with E-state index in [0.29, 0.717) is 5.56 Å². The van der Waals surface area contributed by atoms with Gasteiger partial charge in [0.1, 0.15) is 0 Å². The minimum atomic E-state index is -0.313. The molecule has 0 saturated carbocycles. The van der Waals surface area contributed by atoms with E-state index in [0.717, 1.165) is 16.7 Å². The van der Waals surface area contributed by atoms with Crippen LogP contribution < -0.4 is 4.90 Å². The Kier molecular flexibility index (Phi) is 4.15. The van der Waals surface area contributed by atoms with E-state index >= 15 is 0 Å². The summed E-state index contributed by atoms with van der Waals surface area (Å²) in [6, 6.07) is 5.58. The van der Waals surface area contributed by atoms with E-state index in [1.54, 1.807) is 6.07 Å². The summed E-state index contributed by atoms with van der Waals surface area (Å²) >= 11 is 3.34. The first-order chi connectivity index (χ1) is 7.10. The fourth-order valence-corrected chi connectivity index (χ4v) is 1.65. The number of rotatable bonds is 3. The largest absolute Gasteiger partial charge is 0.465 e. The van der Waals surface area contributed by atoms with Crippen LogP contribution in [0.3, 0.4) is 0 Å². The van der Waals surface area contributed by atoms with Crippen molar-refractivity contribution in [1.29, 1.82) is 0 Å². The van der Waals surface area contributed by atoms with Crippen LogP contribution in [0.4, 0.5) is 5.69 Å². The molecule has 0 aliphatic heterocycles. The number of benzene rings is 1. The van der Waals surface area contributed by atoms with Crippen LogP contribution in [0.15, 0.2) is 22.7 Å². The number of halogens is 1. The fourth-order valence-electron chi connectivity index (χ4n) is 1.28. The van der Waals surface area contributed by atoms with Crippen LogP contribution in [0.1, 0.15) is 17.3 Å².